The van der Waals surface area contributed by atoms with Crippen molar-refractivity contribution >= 4 is 45.5 Å². The van der Waals surface area contributed by atoms with Crippen molar-refractivity contribution in [3.05, 3.63) is 84.4 Å². The van der Waals surface area contributed by atoms with Crippen molar-refractivity contribution in [2.75, 3.05) is 11.9 Å². The fourth-order valence-corrected chi connectivity index (χ4v) is 2.97. The van der Waals surface area contributed by atoms with E-state index in [1.54, 1.807) is 12.1 Å². The molecule has 0 fully saturated rings. The normalized spacial score (nSPS) is 11.1. The second-order valence-corrected chi connectivity index (χ2v) is 6.32. The molecule has 4 aromatic rings. The molecule has 0 atom stereocenters. The third-order valence-corrected chi connectivity index (χ3v) is 4.31. The molecule has 0 aliphatic carbocycles. The molecule has 0 unspecified atom stereocenters. The summed E-state index contributed by atoms with van der Waals surface area (Å²) < 4.78 is 5.82. The first-order valence-electron chi connectivity index (χ1n) is 8.91. The van der Waals surface area contributed by atoms with Crippen molar-refractivity contribution in [2.45, 2.75) is 0 Å². The van der Waals surface area contributed by atoms with Crippen molar-refractivity contribution < 1.29 is 14.0 Å². The maximum Gasteiger partial charge on any atom is 0.244 e. The zero-order valence-corrected chi connectivity index (χ0v) is 15.0. The van der Waals surface area contributed by atoms with Gasteiger partial charge in [-0.3, -0.25) is 9.59 Å². The van der Waals surface area contributed by atoms with Gasteiger partial charge in [0.15, 0.2) is 0 Å². The molecular weight excluding hydrogens is 352 g/mol. The van der Waals surface area contributed by atoms with E-state index in [0.29, 0.717) is 11.3 Å². The average molecular weight is 370 g/mol. The molecule has 1 aromatic heterocycles. The Morgan fingerprint density at radius 1 is 0.857 bits per heavy atom. The van der Waals surface area contributed by atoms with E-state index >= 15 is 0 Å². The van der Waals surface area contributed by atoms with E-state index in [4.69, 9.17) is 4.42 Å². The van der Waals surface area contributed by atoms with Crippen LogP contribution in [0.1, 0.15) is 5.56 Å². The lowest BCUT2D eigenvalue weighted by Crippen LogP contribution is -2.31. The van der Waals surface area contributed by atoms with E-state index in [1.807, 2.05) is 66.7 Å². The molecule has 3 aromatic carbocycles. The van der Waals surface area contributed by atoms with Gasteiger partial charge in [-0.25, -0.2) is 0 Å². The maximum atomic E-state index is 12.1. The highest BCUT2D eigenvalue weighted by molar-refractivity contribution is 6.06. The molecule has 1 heterocycles. The van der Waals surface area contributed by atoms with Crippen molar-refractivity contribution in [1.82, 2.24) is 5.32 Å². The van der Waals surface area contributed by atoms with E-state index < -0.39 is 0 Å². The molecule has 138 valence electrons. The summed E-state index contributed by atoms with van der Waals surface area (Å²) in [6.07, 6.45) is 3.10. The zero-order chi connectivity index (χ0) is 19.3. The molecule has 5 nitrogen and oxygen atoms in total. The Morgan fingerprint density at radius 2 is 1.61 bits per heavy atom. The maximum absolute atomic E-state index is 12.1. The molecular formula is C23H18N2O3. The number of para-hydroxylation sites is 1. The molecule has 0 aliphatic heterocycles. The van der Waals surface area contributed by atoms with E-state index in [0.717, 1.165) is 21.9 Å². The topological polar surface area (TPSA) is 71.3 Å². The fraction of sp³-hybridized carbons (Fsp3) is 0.0435. The smallest absolute Gasteiger partial charge is 0.244 e. The third-order valence-electron chi connectivity index (χ3n) is 4.31. The van der Waals surface area contributed by atoms with Gasteiger partial charge >= 0.3 is 0 Å². The summed E-state index contributed by atoms with van der Waals surface area (Å²) >= 11 is 0. The van der Waals surface area contributed by atoms with Crippen LogP contribution in [0.15, 0.2) is 83.3 Å². The third kappa shape index (κ3) is 3.94. The largest absolute Gasteiger partial charge is 0.456 e. The van der Waals surface area contributed by atoms with Crippen LogP contribution in [0.5, 0.6) is 0 Å². The number of hydrogen-bond donors (Lipinski definition) is 2. The Bertz CT molecular complexity index is 1180. The number of carbonyl (C=O) groups excluding carboxylic acids is 2. The van der Waals surface area contributed by atoms with Crippen LogP contribution in [-0.2, 0) is 9.59 Å². The van der Waals surface area contributed by atoms with Crippen LogP contribution in [0.4, 0.5) is 5.69 Å². The highest BCUT2D eigenvalue weighted by Gasteiger charge is 2.09. The lowest BCUT2D eigenvalue weighted by molar-refractivity contribution is -0.121. The Kier molecular flexibility index (Phi) is 4.89. The van der Waals surface area contributed by atoms with Crippen LogP contribution in [0.3, 0.4) is 0 Å². The van der Waals surface area contributed by atoms with Gasteiger partial charge in [0.05, 0.1) is 6.54 Å². The van der Waals surface area contributed by atoms with Gasteiger partial charge in [-0.05, 0) is 29.8 Å². The molecule has 0 saturated carbocycles. The Hall–Kier alpha value is -3.86. The van der Waals surface area contributed by atoms with E-state index in [2.05, 4.69) is 10.6 Å². The first-order valence-corrected chi connectivity index (χ1v) is 8.91. The summed E-state index contributed by atoms with van der Waals surface area (Å²) in [4.78, 5) is 24.0. The molecule has 0 bridgehead atoms. The van der Waals surface area contributed by atoms with Gasteiger partial charge in [-0.1, -0.05) is 48.5 Å². The average Bonchev–Trinajstić information content (AvgIpc) is 3.09. The van der Waals surface area contributed by atoms with Gasteiger partial charge in [0.1, 0.15) is 11.2 Å². The number of anilines is 1. The van der Waals surface area contributed by atoms with E-state index in [9.17, 15) is 9.59 Å². The highest BCUT2D eigenvalue weighted by atomic mass is 16.3. The number of benzene rings is 3. The minimum Gasteiger partial charge on any atom is -0.456 e. The van der Waals surface area contributed by atoms with Gasteiger partial charge in [0.25, 0.3) is 0 Å². The first-order chi connectivity index (χ1) is 13.7. The number of hydrogen-bond acceptors (Lipinski definition) is 3. The summed E-state index contributed by atoms with van der Waals surface area (Å²) in [5.74, 6) is -0.635. The monoisotopic (exact) mass is 370 g/mol. The summed E-state index contributed by atoms with van der Waals surface area (Å²) in [5, 5.41) is 7.37. The Balaban J connectivity index is 1.36. The molecule has 2 N–H and O–H groups in total. The lowest BCUT2D eigenvalue weighted by atomic mass is 10.1. The minimum atomic E-state index is -0.327. The first kappa shape index (κ1) is 17.5. The SMILES string of the molecule is O=C(/C=C/c1ccccc1)NCC(=O)Nc1ccc2c(c1)oc1ccccc12. The molecule has 0 radical (unpaired) electrons. The number of nitrogens with one attached hydrogen (secondary N) is 2. The van der Waals surface area contributed by atoms with Gasteiger partial charge < -0.3 is 15.1 Å². The molecule has 0 spiro atoms. The predicted octanol–water partition coefficient (Wildman–Crippen LogP) is 4.35. The van der Waals surface area contributed by atoms with Gasteiger partial charge in [0.2, 0.25) is 11.8 Å². The highest BCUT2D eigenvalue weighted by Crippen LogP contribution is 2.30. The molecule has 0 aliphatic rings. The van der Waals surface area contributed by atoms with Gasteiger partial charge in [-0.15, -0.1) is 0 Å². The van der Waals surface area contributed by atoms with Crippen LogP contribution >= 0.6 is 0 Å². The van der Waals surface area contributed by atoms with Gasteiger partial charge in [-0.2, -0.15) is 0 Å². The molecule has 4 rings (SSSR count). The van der Waals surface area contributed by atoms with Crippen molar-refractivity contribution in [3.63, 3.8) is 0 Å². The van der Waals surface area contributed by atoms with Crippen LogP contribution in [0.25, 0.3) is 28.0 Å². The molecule has 0 saturated heterocycles. The Labute approximate surface area is 161 Å². The molecule has 28 heavy (non-hydrogen) atoms. The summed E-state index contributed by atoms with van der Waals surface area (Å²) in [6, 6.07) is 22.8. The quantitative estimate of drug-likeness (QED) is 0.513. The predicted molar refractivity (Wildman–Crippen MR) is 111 cm³/mol. The van der Waals surface area contributed by atoms with Crippen molar-refractivity contribution in [2.24, 2.45) is 0 Å². The number of rotatable bonds is 5. The van der Waals surface area contributed by atoms with Crippen molar-refractivity contribution in [1.29, 1.82) is 0 Å². The lowest BCUT2D eigenvalue weighted by Gasteiger charge is -2.05. The number of amides is 2. The summed E-state index contributed by atoms with van der Waals surface area (Å²) in [7, 11) is 0. The van der Waals surface area contributed by atoms with E-state index in [1.165, 1.54) is 6.08 Å². The zero-order valence-electron chi connectivity index (χ0n) is 15.0. The Morgan fingerprint density at radius 3 is 2.46 bits per heavy atom. The number of fused-ring (bicyclic) bond motifs is 3. The summed E-state index contributed by atoms with van der Waals surface area (Å²) in [5.41, 5.74) is 3.04. The number of carbonyl (C=O) groups is 2. The van der Waals surface area contributed by atoms with Crippen LogP contribution in [0.2, 0.25) is 0 Å². The second-order valence-electron chi connectivity index (χ2n) is 6.32. The van der Waals surface area contributed by atoms with Gasteiger partial charge in [0, 0.05) is 28.6 Å². The minimum absolute atomic E-state index is 0.115. The summed E-state index contributed by atoms with van der Waals surface area (Å²) in [6.45, 7) is -0.115. The van der Waals surface area contributed by atoms with Crippen LogP contribution in [-0.4, -0.2) is 18.4 Å². The molecule has 2 amide bonds. The number of furan rings is 1. The van der Waals surface area contributed by atoms with Crippen LogP contribution in [0, 0.1) is 0 Å². The standard InChI is InChI=1S/C23H18N2O3/c26-22(13-10-16-6-2-1-3-7-16)24-15-23(27)25-17-11-12-19-18-8-4-5-9-20(18)28-21(19)14-17/h1-14H,15H2,(H,24,26)(H,25,27)/b13-10+. The van der Waals surface area contributed by atoms with E-state index in [-0.39, 0.29) is 18.4 Å². The van der Waals surface area contributed by atoms with Crippen LogP contribution < -0.4 is 10.6 Å². The fourth-order valence-electron chi connectivity index (χ4n) is 2.97. The molecule has 5 heteroatoms. The second kappa shape index (κ2) is 7.80. The van der Waals surface area contributed by atoms with Crippen molar-refractivity contribution in [3.8, 4) is 0 Å².